The van der Waals surface area contributed by atoms with Crippen LogP contribution in [0, 0.1) is 0 Å². The summed E-state index contributed by atoms with van der Waals surface area (Å²) in [7, 11) is 0. The first-order valence-electron chi connectivity index (χ1n) is 9.37. The third-order valence-corrected chi connectivity index (χ3v) is 4.36. The first-order valence-corrected chi connectivity index (χ1v) is 9.37. The SMILES string of the molecule is CC(C)Oc1ccc(NC(=O)c2nc(C(=O)NC3CC3)n3ccccc23)cc1. The first kappa shape index (κ1) is 18.0. The summed E-state index contributed by atoms with van der Waals surface area (Å²) in [6.45, 7) is 3.91. The van der Waals surface area contributed by atoms with Gasteiger partial charge in [-0.1, -0.05) is 6.07 Å². The van der Waals surface area contributed by atoms with Crippen molar-refractivity contribution in [3.8, 4) is 5.75 Å². The van der Waals surface area contributed by atoms with Crippen molar-refractivity contribution in [1.29, 1.82) is 0 Å². The minimum absolute atomic E-state index is 0.0811. The third-order valence-electron chi connectivity index (χ3n) is 4.36. The number of fused-ring (bicyclic) bond motifs is 1. The Bertz CT molecular complexity index is 1020. The van der Waals surface area contributed by atoms with Gasteiger partial charge in [0.15, 0.2) is 5.69 Å². The second kappa shape index (κ2) is 7.34. The number of hydrogen-bond donors (Lipinski definition) is 2. The van der Waals surface area contributed by atoms with Crippen molar-refractivity contribution in [3.05, 3.63) is 60.2 Å². The van der Waals surface area contributed by atoms with Gasteiger partial charge in [-0.25, -0.2) is 4.98 Å². The average molecular weight is 378 g/mol. The van der Waals surface area contributed by atoms with E-state index in [1.165, 1.54) is 0 Å². The Hall–Kier alpha value is -3.35. The second-order valence-electron chi connectivity index (χ2n) is 7.13. The van der Waals surface area contributed by atoms with Gasteiger partial charge in [0.25, 0.3) is 11.8 Å². The van der Waals surface area contributed by atoms with E-state index in [4.69, 9.17) is 4.74 Å². The van der Waals surface area contributed by atoms with E-state index in [0.29, 0.717) is 11.2 Å². The van der Waals surface area contributed by atoms with Crippen LogP contribution in [0.5, 0.6) is 5.75 Å². The standard InChI is InChI=1S/C21H22N4O3/c1-13(2)28-16-10-8-15(9-11-16)22-20(26)18-17-5-3-4-12-25(17)19(24-18)21(27)23-14-6-7-14/h3-5,8-14H,6-7H2,1-2H3,(H,22,26)(H,23,27). The third kappa shape index (κ3) is 3.83. The summed E-state index contributed by atoms with van der Waals surface area (Å²) >= 11 is 0. The number of hydrogen-bond acceptors (Lipinski definition) is 4. The summed E-state index contributed by atoms with van der Waals surface area (Å²) in [5.41, 5.74) is 1.42. The van der Waals surface area contributed by atoms with Crippen molar-refractivity contribution in [3.63, 3.8) is 0 Å². The van der Waals surface area contributed by atoms with Gasteiger partial charge in [0.2, 0.25) is 5.82 Å². The zero-order chi connectivity index (χ0) is 19.7. The first-order chi connectivity index (χ1) is 13.5. The van der Waals surface area contributed by atoms with E-state index in [-0.39, 0.29) is 35.5 Å². The van der Waals surface area contributed by atoms with Gasteiger partial charge in [-0.05, 0) is 63.1 Å². The topological polar surface area (TPSA) is 84.7 Å². The quantitative estimate of drug-likeness (QED) is 0.689. The number of anilines is 1. The summed E-state index contributed by atoms with van der Waals surface area (Å²) < 4.78 is 7.26. The molecule has 1 saturated carbocycles. The highest BCUT2D eigenvalue weighted by atomic mass is 16.5. The molecule has 0 atom stereocenters. The van der Waals surface area contributed by atoms with Crippen molar-refractivity contribution < 1.29 is 14.3 Å². The maximum absolute atomic E-state index is 12.8. The molecule has 0 unspecified atom stereocenters. The van der Waals surface area contributed by atoms with E-state index in [2.05, 4.69) is 15.6 Å². The molecule has 4 rings (SSSR count). The van der Waals surface area contributed by atoms with Crippen molar-refractivity contribution >= 4 is 23.0 Å². The zero-order valence-electron chi connectivity index (χ0n) is 15.8. The molecule has 0 radical (unpaired) electrons. The van der Waals surface area contributed by atoms with Gasteiger partial charge < -0.3 is 15.4 Å². The van der Waals surface area contributed by atoms with Gasteiger partial charge in [0.1, 0.15) is 5.75 Å². The van der Waals surface area contributed by atoms with Crippen LogP contribution in [0.25, 0.3) is 5.52 Å². The lowest BCUT2D eigenvalue weighted by molar-refractivity contribution is 0.0940. The molecule has 7 nitrogen and oxygen atoms in total. The summed E-state index contributed by atoms with van der Waals surface area (Å²) in [6, 6.07) is 12.8. The zero-order valence-corrected chi connectivity index (χ0v) is 15.8. The number of amides is 2. The van der Waals surface area contributed by atoms with E-state index in [0.717, 1.165) is 18.6 Å². The molecule has 0 spiro atoms. The fourth-order valence-corrected chi connectivity index (χ4v) is 2.92. The predicted molar refractivity (Wildman–Crippen MR) is 106 cm³/mol. The highest BCUT2D eigenvalue weighted by Gasteiger charge is 2.27. The lowest BCUT2D eigenvalue weighted by Gasteiger charge is -2.10. The van der Waals surface area contributed by atoms with E-state index in [9.17, 15) is 9.59 Å². The maximum atomic E-state index is 12.8. The van der Waals surface area contributed by atoms with E-state index >= 15 is 0 Å². The fourth-order valence-electron chi connectivity index (χ4n) is 2.92. The Morgan fingerprint density at radius 1 is 1.11 bits per heavy atom. The number of benzene rings is 1. The molecule has 7 heteroatoms. The molecule has 2 N–H and O–H groups in total. The molecule has 28 heavy (non-hydrogen) atoms. The van der Waals surface area contributed by atoms with Crippen LogP contribution in [0.2, 0.25) is 0 Å². The number of carbonyl (C=O) groups is 2. The molecular weight excluding hydrogens is 356 g/mol. The predicted octanol–water partition coefficient (Wildman–Crippen LogP) is 3.27. The van der Waals surface area contributed by atoms with Crippen LogP contribution in [0.15, 0.2) is 48.7 Å². The lowest BCUT2D eigenvalue weighted by atomic mass is 10.2. The Morgan fingerprint density at radius 2 is 1.86 bits per heavy atom. The van der Waals surface area contributed by atoms with Crippen molar-refractivity contribution in [2.45, 2.75) is 38.8 Å². The van der Waals surface area contributed by atoms with Crippen LogP contribution < -0.4 is 15.4 Å². The summed E-state index contributed by atoms with van der Waals surface area (Å²) in [4.78, 5) is 29.6. The highest BCUT2D eigenvalue weighted by molar-refractivity contribution is 6.09. The summed E-state index contributed by atoms with van der Waals surface area (Å²) in [6.07, 6.45) is 3.79. The molecule has 1 aromatic carbocycles. The molecule has 1 fully saturated rings. The van der Waals surface area contributed by atoms with Crippen LogP contribution in [-0.4, -0.2) is 33.3 Å². The molecule has 1 aliphatic carbocycles. The Labute approximate surface area is 162 Å². The Balaban J connectivity index is 1.57. The van der Waals surface area contributed by atoms with E-state index in [1.54, 1.807) is 47.0 Å². The molecule has 1 aliphatic rings. The van der Waals surface area contributed by atoms with Crippen LogP contribution in [-0.2, 0) is 0 Å². The van der Waals surface area contributed by atoms with Gasteiger partial charge in [0, 0.05) is 17.9 Å². The molecule has 3 aromatic rings. The fraction of sp³-hybridized carbons (Fsp3) is 0.286. The Kier molecular flexibility index (Phi) is 4.73. The molecule has 2 aromatic heterocycles. The smallest absolute Gasteiger partial charge is 0.287 e. The van der Waals surface area contributed by atoms with E-state index < -0.39 is 0 Å². The maximum Gasteiger partial charge on any atom is 0.287 e. The van der Waals surface area contributed by atoms with Gasteiger partial charge >= 0.3 is 0 Å². The van der Waals surface area contributed by atoms with Crippen molar-refractivity contribution in [1.82, 2.24) is 14.7 Å². The average Bonchev–Trinajstić information content (AvgIpc) is 3.39. The molecule has 0 saturated heterocycles. The number of nitrogens with zero attached hydrogens (tertiary/aromatic N) is 2. The molecular formula is C21H22N4O3. The van der Waals surface area contributed by atoms with Gasteiger partial charge in [-0.3, -0.25) is 14.0 Å². The van der Waals surface area contributed by atoms with Crippen LogP contribution in [0.3, 0.4) is 0 Å². The molecule has 2 amide bonds. The normalized spacial score (nSPS) is 13.5. The second-order valence-corrected chi connectivity index (χ2v) is 7.13. The van der Waals surface area contributed by atoms with Gasteiger partial charge in [-0.15, -0.1) is 0 Å². The van der Waals surface area contributed by atoms with Crippen LogP contribution in [0.1, 0.15) is 47.8 Å². The van der Waals surface area contributed by atoms with Crippen molar-refractivity contribution in [2.75, 3.05) is 5.32 Å². The monoisotopic (exact) mass is 378 g/mol. The highest BCUT2D eigenvalue weighted by Crippen LogP contribution is 2.21. The number of carbonyl (C=O) groups excluding carboxylic acids is 2. The minimum atomic E-state index is -0.369. The summed E-state index contributed by atoms with van der Waals surface area (Å²) in [5, 5.41) is 5.75. The van der Waals surface area contributed by atoms with Crippen LogP contribution in [0.4, 0.5) is 5.69 Å². The van der Waals surface area contributed by atoms with E-state index in [1.807, 2.05) is 19.9 Å². The largest absolute Gasteiger partial charge is 0.491 e. The number of rotatable bonds is 6. The number of ether oxygens (including phenoxy) is 1. The number of imidazole rings is 1. The number of nitrogens with one attached hydrogen (secondary N) is 2. The Morgan fingerprint density at radius 3 is 2.54 bits per heavy atom. The number of pyridine rings is 1. The lowest BCUT2D eigenvalue weighted by Crippen LogP contribution is -2.27. The molecule has 0 bridgehead atoms. The van der Waals surface area contributed by atoms with Gasteiger partial charge in [0.05, 0.1) is 11.6 Å². The molecule has 2 heterocycles. The van der Waals surface area contributed by atoms with Crippen molar-refractivity contribution in [2.24, 2.45) is 0 Å². The molecule has 0 aliphatic heterocycles. The van der Waals surface area contributed by atoms with Gasteiger partial charge in [-0.2, -0.15) is 0 Å². The minimum Gasteiger partial charge on any atom is -0.491 e. The van der Waals surface area contributed by atoms with Crippen LogP contribution >= 0.6 is 0 Å². The summed E-state index contributed by atoms with van der Waals surface area (Å²) in [5.74, 6) is 0.317. The molecule has 144 valence electrons. The number of aromatic nitrogens is 2.